The Morgan fingerprint density at radius 1 is 1.26 bits per heavy atom. The third-order valence-electron chi connectivity index (χ3n) is 4.74. The summed E-state index contributed by atoms with van der Waals surface area (Å²) in [7, 11) is 0. The molecule has 0 bridgehead atoms. The number of carbonyl (C=O) groups excluding carboxylic acids is 2. The maximum Gasteiger partial charge on any atom is 0.274 e. The molecule has 1 saturated heterocycles. The molecule has 0 unspecified atom stereocenters. The Bertz CT molecular complexity index is 616. The maximum absolute atomic E-state index is 12.8. The molecule has 0 N–H and O–H groups in total. The Kier molecular flexibility index (Phi) is 3.94. The van der Waals surface area contributed by atoms with Crippen LogP contribution in [0.15, 0.2) is 12.3 Å². The fraction of sp³-hybridized carbons (Fsp3) is 0.706. The highest BCUT2D eigenvalue weighted by Crippen LogP contribution is 2.33. The number of hydrogen-bond acceptors (Lipinski definition) is 3. The van der Waals surface area contributed by atoms with Crippen LogP contribution in [0.25, 0.3) is 0 Å². The highest BCUT2D eigenvalue weighted by Gasteiger charge is 2.42. The van der Waals surface area contributed by atoms with Crippen molar-refractivity contribution in [1.82, 2.24) is 19.6 Å². The van der Waals surface area contributed by atoms with Crippen LogP contribution in [-0.4, -0.2) is 56.6 Å². The number of rotatable bonds is 3. The van der Waals surface area contributed by atoms with E-state index in [1.54, 1.807) is 10.7 Å². The molecule has 2 heterocycles. The van der Waals surface area contributed by atoms with Crippen LogP contribution in [0.3, 0.4) is 0 Å². The molecule has 2 aliphatic rings. The van der Waals surface area contributed by atoms with Gasteiger partial charge in [-0.3, -0.25) is 14.3 Å². The van der Waals surface area contributed by atoms with Crippen LogP contribution in [0.1, 0.15) is 57.1 Å². The largest absolute Gasteiger partial charge is 0.338 e. The summed E-state index contributed by atoms with van der Waals surface area (Å²) in [4.78, 5) is 28.9. The number of amides is 2. The van der Waals surface area contributed by atoms with E-state index in [0.29, 0.717) is 25.3 Å². The monoisotopic (exact) mass is 318 g/mol. The van der Waals surface area contributed by atoms with Gasteiger partial charge in [-0.25, -0.2) is 0 Å². The molecule has 23 heavy (non-hydrogen) atoms. The van der Waals surface area contributed by atoms with Crippen molar-refractivity contribution in [2.75, 3.05) is 19.6 Å². The highest BCUT2D eigenvalue weighted by molar-refractivity contribution is 5.93. The summed E-state index contributed by atoms with van der Waals surface area (Å²) >= 11 is 0. The van der Waals surface area contributed by atoms with Crippen molar-refractivity contribution < 1.29 is 9.59 Å². The number of aromatic nitrogens is 2. The van der Waals surface area contributed by atoms with Crippen molar-refractivity contribution in [2.45, 2.75) is 52.1 Å². The Balaban J connectivity index is 1.72. The van der Waals surface area contributed by atoms with Crippen LogP contribution in [-0.2, 0) is 4.79 Å². The van der Waals surface area contributed by atoms with Gasteiger partial charge in [0.2, 0.25) is 5.91 Å². The van der Waals surface area contributed by atoms with Crippen LogP contribution >= 0.6 is 0 Å². The Morgan fingerprint density at radius 2 is 1.96 bits per heavy atom. The molecule has 1 aliphatic carbocycles. The Labute approximate surface area is 137 Å². The maximum atomic E-state index is 12.8. The van der Waals surface area contributed by atoms with Crippen LogP contribution in [0.5, 0.6) is 0 Å². The lowest BCUT2D eigenvalue weighted by Gasteiger charge is -2.47. The van der Waals surface area contributed by atoms with Crippen molar-refractivity contribution in [1.29, 1.82) is 0 Å². The molecular formula is C17H26N4O2. The van der Waals surface area contributed by atoms with Gasteiger partial charge in [0, 0.05) is 37.8 Å². The van der Waals surface area contributed by atoms with E-state index in [1.165, 1.54) is 0 Å². The van der Waals surface area contributed by atoms with Crippen molar-refractivity contribution in [3.8, 4) is 0 Å². The molecule has 1 aromatic rings. The van der Waals surface area contributed by atoms with Gasteiger partial charge in [-0.05, 0) is 46.6 Å². The van der Waals surface area contributed by atoms with Crippen molar-refractivity contribution in [2.24, 2.45) is 5.92 Å². The van der Waals surface area contributed by atoms with Crippen molar-refractivity contribution in [3.05, 3.63) is 18.0 Å². The molecular weight excluding hydrogens is 292 g/mol. The van der Waals surface area contributed by atoms with Gasteiger partial charge in [0.15, 0.2) is 0 Å². The lowest BCUT2D eigenvalue weighted by Crippen LogP contribution is -2.62. The van der Waals surface area contributed by atoms with Crippen LogP contribution in [0, 0.1) is 5.92 Å². The molecule has 0 spiro atoms. The molecule has 0 atom stereocenters. The first-order valence-electron chi connectivity index (χ1n) is 8.45. The van der Waals surface area contributed by atoms with Gasteiger partial charge in [-0.2, -0.15) is 5.10 Å². The molecule has 2 amide bonds. The number of hydrogen-bond donors (Lipinski definition) is 0. The topological polar surface area (TPSA) is 58.4 Å². The summed E-state index contributed by atoms with van der Waals surface area (Å²) < 4.78 is 1.80. The van der Waals surface area contributed by atoms with E-state index in [0.717, 1.165) is 12.8 Å². The normalized spacial score (nSPS) is 20.9. The number of carbonyl (C=O) groups is 2. The van der Waals surface area contributed by atoms with E-state index in [4.69, 9.17) is 0 Å². The third kappa shape index (κ3) is 3.12. The minimum Gasteiger partial charge on any atom is -0.338 e. The second-order valence-electron chi connectivity index (χ2n) is 7.58. The Hall–Kier alpha value is -1.85. The van der Waals surface area contributed by atoms with Gasteiger partial charge in [0.05, 0.1) is 5.54 Å². The molecule has 2 fully saturated rings. The highest BCUT2D eigenvalue weighted by atomic mass is 16.2. The zero-order chi connectivity index (χ0) is 16.8. The molecule has 6 heteroatoms. The van der Waals surface area contributed by atoms with E-state index in [2.05, 4.69) is 5.10 Å². The lowest BCUT2D eigenvalue weighted by molar-refractivity contribution is -0.136. The summed E-state index contributed by atoms with van der Waals surface area (Å²) in [5.74, 6) is 0.442. The predicted octanol–water partition coefficient (Wildman–Crippen LogP) is 1.94. The summed E-state index contributed by atoms with van der Waals surface area (Å²) in [6.07, 6.45) is 3.88. The van der Waals surface area contributed by atoms with E-state index >= 15 is 0 Å². The molecule has 1 aliphatic heterocycles. The predicted molar refractivity (Wildman–Crippen MR) is 87.0 cm³/mol. The molecule has 126 valence electrons. The molecule has 3 rings (SSSR count). The van der Waals surface area contributed by atoms with Gasteiger partial charge in [-0.1, -0.05) is 0 Å². The Morgan fingerprint density at radius 3 is 2.48 bits per heavy atom. The molecule has 6 nitrogen and oxygen atoms in total. The second kappa shape index (κ2) is 5.65. The van der Waals surface area contributed by atoms with Crippen LogP contribution < -0.4 is 0 Å². The summed E-state index contributed by atoms with van der Waals surface area (Å²) in [5.41, 5.74) is 0.107. The first-order chi connectivity index (χ1) is 10.8. The first kappa shape index (κ1) is 16.0. The SMILES string of the molecule is CC(C)n1ccc(C(=O)N2CCN(C(=O)C3CC3)CC2(C)C)n1. The lowest BCUT2D eigenvalue weighted by atomic mass is 9.97. The summed E-state index contributed by atoms with van der Waals surface area (Å²) in [6, 6.07) is 2.01. The first-order valence-corrected chi connectivity index (χ1v) is 8.45. The molecule has 0 radical (unpaired) electrons. The average molecular weight is 318 g/mol. The van der Waals surface area contributed by atoms with E-state index in [-0.39, 0.29) is 29.3 Å². The molecule has 0 aromatic carbocycles. The van der Waals surface area contributed by atoms with Gasteiger partial charge in [0.25, 0.3) is 5.91 Å². The van der Waals surface area contributed by atoms with E-state index < -0.39 is 0 Å². The fourth-order valence-corrected chi connectivity index (χ4v) is 3.19. The zero-order valence-electron chi connectivity index (χ0n) is 14.5. The van der Waals surface area contributed by atoms with Gasteiger partial charge in [-0.15, -0.1) is 0 Å². The molecule has 1 aromatic heterocycles. The number of nitrogens with zero attached hydrogens (tertiary/aromatic N) is 4. The van der Waals surface area contributed by atoms with Gasteiger partial charge in [0.1, 0.15) is 5.69 Å². The quantitative estimate of drug-likeness (QED) is 0.856. The van der Waals surface area contributed by atoms with Crippen molar-refractivity contribution in [3.63, 3.8) is 0 Å². The van der Waals surface area contributed by atoms with E-state index in [1.807, 2.05) is 43.7 Å². The summed E-state index contributed by atoms with van der Waals surface area (Å²) in [6.45, 7) is 9.90. The second-order valence-corrected chi connectivity index (χ2v) is 7.58. The third-order valence-corrected chi connectivity index (χ3v) is 4.74. The van der Waals surface area contributed by atoms with Gasteiger partial charge < -0.3 is 9.80 Å². The van der Waals surface area contributed by atoms with Crippen molar-refractivity contribution >= 4 is 11.8 Å². The minimum atomic E-state index is -0.374. The average Bonchev–Trinajstić information content (AvgIpc) is 3.20. The number of piperazine rings is 1. The van der Waals surface area contributed by atoms with Crippen LogP contribution in [0.2, 0.25) is 0 Å². The van der Waals surface area contributed by atoms with E-state index in [9.17, 15) is 9.59 Å². The summed E-state index contributed by atoms with van der Waals surface area (Å²) in [5, 5.41) is 4.39. The van der Waals surface area contributed by atoms with Crippen LogP contribution in [0.4, 0.5) is 0 Å². The minimum absolute atomic E-state index is 0.0482. The molecule has 1 saturated carbocycles. The zero-order valence-corrected chi connectivity index (χ0v) is 14.5. The smallest absolute Gasteiger partial charge is 0.274 e. The van der Waals surface area contributed by atoms with Gasteiger partial charge >= 0.3 is 0 Å². The fourth-order valence-electron chi connectivity index (χ4n) is 3.19. The standard InChI is InChI=1S/C17H26N4O2/c1-12(2)21-8-7-14(18-21)16(23)20-10-9-19(11-17(20,3)4)15(22)13-5-6-13/h7-8,12-13H,5-6,9-11H2,1-4H3.